The summed E-state index contributed by atoms with van der Waals surface area (Å²) in [6, 6.07) is -2.62. The van der Waals surface area contributed by atoms with Crippen LogP contribution >= 0.6 is 0 Å². The van der Waals surface area contributed by atoms with E-state index in [4.69, 9.17) is 5.11 Å². The van der Waals surface area contributed by atoms with Gasteiger partial charge < -0.3 is 15.7 Å². The average Bonchev–Trinajstić information content (AvgIpc) is 2.38. The number of urea groups is 1. The van der Waals surface area contributed by atoms with Crippen LogP contribution in [0.1, 0.15) is 13.3 Å². The van der Waals surface area contributed by atoms with Crippen LogP contribution in [0.3, 0.4) is 0 Å². The second-order valence-electron chi connectivity index (χ2n) is 3.74. The molecular formula is C11H10F4N2O3. The molecule has 2 amide bonds. The van der Waals surface area contributed by atoms with Crippen molar-refractivity contribution in [2.75, 3.05) is 5.32 Å². The fourth-order valence-corrected chi connectivity index (χ4v) is 1.33. The van der Waals surface area contributed by atoms with Gasteiger partial charge in [0.25, 0.3) is 0 Å². The molecule has 0 heterocycles. The minimum absolute atomic E-state index is 0.00519. The highest BCUT2D eigenvalue weighted by atomic mass is 19.2. The van der Waals surface area contributed by atoms with Crippen LogP contribution in [0.4, 0.5) is 28.0 Å². The number of carboxylic acids is 1. The molecule has 5 nitrogen and oxygen atoms in total. The minimum atomic E-state index is -1.79. The molecule has 1 aromatic carbocycles. The molecule has 0 radical (unpaired) electrons. The third-order valence-electron chi connectivity index (χ3n) is 2.36. The Morgan fingerprint density at radius 3 is 2.10 bits per heavy atom. The van der Waals surface area contributed by atoms with E-state index in [0.29, 0.717) is 0 Å². The van der Waals surface area contributed by atoms with Crippen LogP contribution in [0.25, 0.3) is 0 Å². The topological polar surface area (TPSA) is 78.4 Å². The molecular weight excluding hydrogens is 284 g/mol. The molecule has 3 N–H and O–H groups in total. The van der Waals surface area contributed by atoms with E-state index >= 15 is 0 Å². The zero-order chi connectivity index (χ0) is 15.4. The van der Waals surface area contributed by atoms with Gasteiger partial charge in [0.15, 0.2) is 23.3 Å². The predicted molar refractivity (Wildman–Crippen MR) is 60.1 cm³/mol. The van der Waals surface area contributed by atoms with E-state index in [1.807, 2.05) is 5.32 Å². The third-order valence-corrected chi connectivity index (χ3v) is 2.36. The predicted octanol–water partition coefficient (Wildman–Crippen LogP) is 2.23. The highest BCUT2D eigenvalue weighted by Gasteiger charge is 2.23. The number of carboxylic acid groups (broad SMARTS) is 1. The monoisotopic (exact) mass is 294 g/mol. The first kappa shape index (κ1) is 15.7. The van der Waals surface area contributed by atoms with Gasteiger partial charge in [-0.25, -0.2) is 27.2 Å². The maximum Gasteiger partial charge on any atom is 0.326 e. The highest BCUT2D eigenvalue weighted by Crippen LogP contribution is 2.23. The Kier molecular flexibility index (Phi) is 4.89. The van der Waals surface area contributed by atoms with E-state index in [9.17, 15) is 27.2 Å². The molecule has 0 aliphatic rings. The normalized spacial score (nSPS) is 11.8. The molecule has 0 fully saturated rings. The van der Waals surface area contributed by atoms with Crippen molar-refractivity contribution in [2.45, 2.75) is 19.4 Å². The van der Waals surface area contributed by atoms with Crippen LogP contribution in [-0.2, 0) is 4.79 Å². The lowest BCUT2D eigenvalue weighted by Crippen LogP contribution is -2.42. The molecule has 0 aliphatic carbocycles. The minimum Gasteiger partial charge on any atom is -0.480 e. The first-order valence-corrected chi connectivity index (χ1v) is 5.41. The van der Waals surface area contributed by atoms with Crippen molar-refractivity contribution in [1.29, 1.82) is 0 Å². The summed E-state index contributed by atoms with van der Waals surface area (Å²) in [5.41, 5.74) is -1.33. The summed E-state index contributed by atoms with van der Waals surface area (Å²) in [7, 11) is 0. The smallest absolute Gasteiger partial charge is 0.326 e. The van der Waals surface area contributed by atoms with Crippen LogP contribution in [0.15, 0.2) is 6.07 Å². The number of nitrogens with one attached hydrogen (secondary N) is 2. The van der Waals surface area contributed by atoms with Gasteiger partial charge in [-0.1, -0.05) is 6.92 Å². The highest BCUT2D eigenvalue weighted by molar-refractivity contribution is 5.92. The van der Waals surface area contributed by atoms with E-state index in [2.05, 4.69) is 0 Å². The van der Waals surface area contributed by atoms with Gasteiger partial charge in [-0.15, -0.1) is 0 Å². The zero-order valence-corrected chi connectivity index (χ0v) is 10.1. The molecule has 0 spiro atoms. The standard InChI is InChI=1S/C11H10F4N2O3/c1-2-6(10(18)19)16-11(20)17-9-7(14)4(12)3-5(13)8(9)15/h3,6H,2H2,1H3,(H,18,19)(H2,16,17,20)/t6-/m1/s1. The van der Waals surface area contributed by atoms with Gasteiger partial charge in [0.1, 0.15) is 11.7 Å². The number of carbonyl (C=O) groups excluding carboxylic acids is 1. The van der Waals surface area contributed by atoms with E-state index in [-0.39, 0.29) is 12.5 Å². The van der Waals surface area contributed by atoms with Gasteiger partial charge in [-0.05, 0) is 6.42 Å². The van der Waals surface area contributed by atoms with E-state index in [0.717, 1.165) is 0 Å². The number of benzene rings is 1. The molecule has 0 saturated carbocycles. The number of anilines is 1. The summed E-state index contributed by atoms with van der Waals surface area (Å²) in [5.74, 6) is -8.33. The number of carbonyl (C=O) groups is 2. The Balaban J connectivity index is 2.94. The molecule has 0 unspecified atom stereocenters. The summed E-state index contributed by atoms with van der Waals surface area (Å²) in [6.45, 7) is 1.45. The second kappa shape index (κ2) is 6.22. The van der Waals surface area contributed by atoms with Gasteiger partial charge >= 0.3 is 12.0 Å². The van der Waals surface area contributed by atoms with Crippen molar-refractivity contribution in [2.24, 2.45) is 0 Å². The first-order valence-electron chi connectivity index (χ1n) is 5.41. The average molecular weight is 294 g/mol. The number of halogens is 4. The van der Waals surface area contributed by atoms with Crippen molar-refractivity contribution >= 4 is 17.7 Å². The van der Waals surface area contributed by atoms with Crippen LogP contribution in [0, 0.1) is 23.3 Å². The molecule has 20 heavy (non-hydrogen) atoms. The molecule has 0 bridgehead atoms. The number of hydrogen-bond acceptors (Lipinski definition) is 2. The fourth-order valence-electron chi connectivity index (χ4n) is 1.33. The number of rotatable bonds is 4. The van der Waals surface area contributed by atoms with Gasteiger partial charge in [-0.2, -0.15) is 0 Å². The van der Waals surface area contributed by atoms with Crippen molar-refractivity contribution < 1.29 is 32.3 Å². The van der Waals surface area contributed by atoms with Gasteiger partial charge in [0.2, 0.25) is 0 Å². The summed E-state index contributed by atoms with van der Waals surface area (Å²) >= 11 is 0. The van der Waals surface area contributed by atoms with Crippen LogP contribution < -0.4 is 10.6 Å². The Labute approximate surface area is 110 Å². The molecule has 9 heteroatoms. The Morgan fingerprint density at radius 1 is 1.20 bits per heavy atom. The van der Waals surface area contributed by atoms with E-state index < -0.39 is 47.0 Å². The molecule has 0 saturated heterocycles. The Hall–Kier alpha value is -2.32. The molecule has 0 aliphatic heterocycles. The molecule has 1 aromatic rings. The number of hydrogen-bond donors (Lipinski definition) is 3. The summed E-state index contributed by atoms with van der Waals surface area (Å²) in [6.07, 6.45) is 0.00519. The molecule has 0 aromatic heterocycles. The lowest BCUT2D eigenvalue weighted by atomic mass is 10.2. The third kappa shape index (κ3) is 3.37. The van der Waals surface area contributed by atoms with Crippen molar-refractivity contribution in [3.05, 3.63) is 29.3 Å². The Morgan fingerprint density at radius 2 is 1.70 bits per heavy atom. The largest absolute Gasteiger partial charge is 0.480 e. The van der Waals surface area contributed by atoms with Crippen LogP contribution in [0.5, 0.6) is 0 Å². The Bertz CT molecular complexity index is 525. The second-order valence-corrected chi connectivity index (χ2v) is 3.74. The molecule has 1 rings (SSSR count). The maximum atomic E-state index is 13.2. The van der Waals surface area contributed by atoms with Crippen molar-refractivity contribution in [3.63, 3.8) is 0 Å². The lowest BCUT2D eigenvalue weighted by molar-refractivity contribution is -0.139. The van der Waals surface area contributed by atoms with Gasteiger partial charge in [0, 0.05) is 6.07 Å². The zero-order valence-electron chi connectivity index (χ0n) is 10.1. The number of amides is 2. The van der Waals surface area contributed by atoms with Gasteiger partial charge in [-0.3, -0.25) is 0 Å². The van der Waals surface area contributed by atoms with Crippen molar-refractivity contribution in [3.8, 4) is 0 Å². The summed E-state index contributed by atoms with van der Waals surface area (Å²) in [4.78, 5) is 22.0. The SMILES string of the molecule is CC[C@@H](NC(=O)Nc1c(F)c(F)cc(F)c1F)C(=O)O. The molecule has 110 valence electrons. The quantitative estimate of drug-likeness (QED) is 0.588. The maximum absolute atomic E-state index is 13.2. The molecule has 1 atom stereocenters. The summed E-state index contributed by atoms with van der Waals surface area (Å²) < 4.78 is 52.2. The van der Waals surface area contributed by atoms with Crippen molar-refractivity contribution in [1.82, 2.24) is 5.32 Å². The van der Waals surface area contributed by atoms with Crippen LogP contribution in [0.2, 0.25) is 0 Å². The van der Waals surface area contributed by atoms with E-state index in [1.165, 1.54) is 12.2 Å². The van der Waals surface area contributed by atoms with Crippen LogP contribution in [-0.4, -0.2) is 23.1 Å². The fraction of sp³-hybridized carbons (Fsp3) is 0.273. The van der Waals surface area contributed by atoms with Gasteiger partial charge in [0.05, 0.1) is 0 Å². The number of aliphatic carboxylic acids is 1. The first-order chi connectivity index (χ1) is 9.27. The van der Waals surface area contributed by atoms with E-state index in [1.54, 1.807) is 0 Å². The lowest BCUT2D eigenvalue weighted by Gasteiger charge is -2.14. The summed E-state index contributed by atoms with van der Waals surface area (Å²) in [5, 5.41) is 12.1.